The van der Waals surface area contributed by atoms with Gasteiger partial charge in [0.05, 0.1) is 28.5 Å². The van der Waals surface area contributed by atoms with Crippen LogP contribution in [-0.4, -0.2) is 22.5 Å². The second kappa shape index (κ2) is 6.35. The van der Waals surface area contributed by atoms with Crippen LogP contribution in [0, 0.1) is 5.92 Å². The Morgan fingerprint density at radius 2 is 2.26 bits per heavy atom. The number of nitrogens with zero attached hydrogens (tertiary/aromatic N) is 2. The minimum absolute atomic E-state index is 0.0354. The second-order valence-electron chi connectivity index (χ2n) is 5.32. The number of nitrogens with one attached hydrogen (secondary N) is 1. The molecule has 6 heteroatoms. The molecule has 3 N–H and O–H groups in total. The fraction of sp³-hybridized carbons (Fsp3) is 0.769. The molecule has 5 nitrogen and oxygen atoms in total. The minimum atomic E-state index is -0.0354. The molecule has 1 aliphatic carbocycles. The molecular formula is C13H23BrN4O. The molecule has 2 atom stereocenters. The van der Waals surface area contributed by atoms with Crippen LogP contribution in [0.5, 0.6) is 0 Å². The SMILES string of the molecule is CCOC(C1CC1)C(NN)c1c(Br)cnn1C(C)C. The highest BCUT2D eigenvalue weighted by atomic mass is 79.9. The van der Waals surface area contributed by atoms with Gasteiger partial charge >= 0.3 is 0 Å². The van der Waals surface area contributed by atoms with Crippen molar-refractivity contribution in [1.82, 2.24) is 15.2 Å². The molecule has 1 aromatic heterocycles. The molecule has 0 aliphatic heterocycles. The van der Waals surface area contributed by atoms with Crippen LogP contribution in [0.1, 0.15) is 51.4 Å². The Labute approximate surface area is 123 Å². The van der Waals surface area contributed by atoms with E-state index in [1.165, 1.54) is 12.8 Å². The number of nitrogens with two attached hydrogens (primary N) is 1. The summed E-state index contributed by atoms with van der Waals surface area (Å²) in [6.07, 6.45) is 4.38. The van der Waals surface area contributed by atoms with Gasteiger partial charge in [0.25, 0.3) is 0 Å². The molecular weight excluding hydrogens is 308 g/mol. The first-order valence-corrected chi connectivity index (χ1v) is 7.70. The lowest BCUT2D eigenvalue weighted by molar-refractivity contribution is 0.0159. The Hall–Kier alpha value is -0.430. The molecule has 0 aromatic carbocycles. The van der Waals surface area contributed by atoms with E-state index >= 15 is 0 Å². The topological polar surface area (TPSA) is 65.1 Å². The Morgan fingerprint density at radius 3 is 2.74 bits per heavy atom. The lowest BCUT2D eigenvalue weighted by Crippen LogP contribution is -2.41. The molecule has 1 saturated carbocycles. The molecule has 2 unspecified atom stereocenters. The first kappa shape index (κ1) is 15.0. The van der Waals surface area contributed by atoms with Gasteiger partial charge in [-0.3, -0.25) is 10.5 Å². The van der Waals surface area contributed by atoms with Crippen LogP contribution in [0.3, 0.4) is 0 Å². The summed E-state index contributed by atoms with van der Waals surface area (Å²) < 4.78 is 8.91. The number of aromatic nitrogens is 2. The van der Waals surface area contributed by atoms with Gasteiger partial charge in [0.15, 0.2) is 0 Å². The number of halogens is 1. The normalized spacial score (nSPS) is 18.8. The fourth-order valence-electron chi connectivity index (χ4n) is 2.50. The standard InChI is InChI=1S/C13H23BrN4O/c1-4-19-13(9-5-6-9)11(17-15)12-10(14)7-16-18(12)8(2)3/h7-9,11,13,17H,4-6,15H2,1-3H3. The van der Waals surface area contributed by atoms with Crippen molar-refractivity contribution in [3.8, 4) is 0 Å². The third-order valence-electron chi connectivity index (χ3n) is 3.52. The van der Waals surface area contributed by atoms with E-state index in [0.717, 1.165) is 10.2 Å². The Morgan fingerprint density at radius 1 is 1.58 bits per heavy atom. The third-order valence-corrected chi connectivity index (χ3v) is 4.14. The number of hydrogen-bond donors (Lipinski definition) is 2. The molecule has 1 aliphatic rings. The molecule has 0 radical (unpaired) electrons. The first-order valence-electron chi connectivity index (χ1n) is 6.90. The molecule has 2 rings (SSSR count). The maximum atomic E-state index is 5.93. The molecule has 0 spiro atoms. The predicted octanol–water partition coefficient (Wildman–Crippen LogP) is 2.55. The van der Waals surface area contributed by atoms with Crippen LogP contribution in [0.2, 0.25) is 0 Å². The van der Waals surface area contributed by atoms with Crippen LogP contribution < -0.4 is 11.3 Å². The zero-order valence-electron chi connectivity index (χ0n) is 11.8. The van der Waals surface area contributed by atoms with Gasteiger partial charge in [0.1, 0.15) is 0 Å². The Bertz CT molecular complexity index is 417. The van der Waals surface area contributed by atoms with E-state index in [1.807, 2.05) is 17.8 Å². The highest BCUT2D eigenvalue weighted by Gasteiger charge is 2.39. The van der Waals surface area contributed by atoms with Gasteiger partial charge in [-0.25, -0.2) is 5.43 Å². The van der Waals surface area contributed by atoms with Crippen molar-refractivity contribution in [3.63, 3.8) is 0 Å². The molecule has 0 bridgehead atoms. The summed E-state index contributed by atoms with van der Waals surface area (Å²) >= 11 is 3.58. The van der Waals surface area contributed by atoms with Gasteiger partial charge in [-0.15, -0.1) is 0 Å². The van der Waals surface area contributed by atoms with Crippen molar-refractivity contribution in [2.45, 2.75) is 51.8 Å². The van der Waals surface area contributed by atoms with Crippen molar-refractivity contribution in [3.05, 3.63) is 16.4 Å². The van der Waals surface area contributed by atoms with Crippen molar-refractivity contribution in [2.75, 3.05) is 6.61 Å². The number of hydrogen-bond acceptors (Lipinski definition) is 4. The Kier molecular flexibility index (Phi) is 5.00. The zero-order valence-corrected chi connectivity index (χ0v) is 13.4. The summed E-state index contributed by atoms with van der Waals surface area (Å²) in [5, 5.41) is 4.43. The summed E-state index contributed by atoms with van der Waals surface area (Å²) in [4.78, 5) is 0. The van der Waals surface area contributed by atoms with Crippen LogP contribution in [0.25, 0.3) is 0 Å². The Balaban J connectivity index is 2.32. The van der Waals surface area contributed by atoms with Crippen molar-refractivity contribution >= 4 is 15.9 Å². The second-order valence-corrected chi connectivity index (χ2v) is 6.17. The van der Waals surface area contributed by atoms with E-state index in [-0.39, 0.29) is 12.1 Å². The highest BCUT2D eigenvalue weighted by molar-refractivity contribution is 9.10. The van der Waals surface area contributed by atoms with Crippen molar-refractivity contribution < 1.29 is 4.74 Å². The third kappa shape index (κ3) is 3.18. The van der Waals surface area contributed by atoms with Gasteiger partial charge < -0.3 is 4.74 Å². The van der Waals surface area contributed by atoms with E-state index in [0.29, 0.717) is 18.6 Å². The molecule has 1 fully saturated rings. The van der Waals surface area contributed by atoms with Gasteiger partial charge in [-0.2, -0.15) is 5.10 Å². The van der Waals surface area contributed by atoms with E-state index in [4.69, 9.17) is 10.6 Å². The number of rotatable bonds is 7. The first-order chi connectivity index (χ1) is 9.10. The van der Waals surface area contributed by atoms with Gasteiger partial charge in [-0.05, 0) is 55.5 Å². The van der Waals surface area contributed by atoms with Gasteiger partial charge in [0, 0.05) is 12.6 Å². The van der Waals surface area contributed by atoms with Crippen LogP contribution in [0.4, 0.5) is 0 Å². The van der Waals surface area contributed by atoms with E-state index < -0.39 is 0 Å². The quantitative estimate of drug-likeness (QED) is 0.595. The summed E-state index contributed by atoms with van der Waals surface area (Å²) in [6, 6.07) is 0.255. The number of ether oxygens (including phenoxy) is 1. The molecule has 19 heavy (non-hydrogen) atoms. The van der Waals surface area contributed by atoms with Crippen molar-refractivity contribution in [2.24, 2.45) is 11.8 Å². The van der Waals surface area contributed by atoms with E-state index in [2.05, 4.69) is 40.3 Å². The van der Waals surface area contributed by atoms with E-state index in [9.17, 15) is 0 Å². The zero-order chi connectivity index (χ0) is 14.0. The molecule has 0 saturated heterocycles. The minimum Gasteiger partial charge on any atom is -0.376 e. The van der Waals surface area contributed by atoms with E-state index in [1.54, 1.807) is 0 Å². The monoisotopic (exact) mass is 330 g/mol. The lowest BCUT2D eigenvalue weighted by Gasteiger charge is -2.28. The van der Waals surface area contributed by atoms with Crippen LogP contribution in [-0.2, 0) is 4.74 Å². The van der Waals surface area contributed by atoms with Crippen LogP contribution >= 0.6 is 15.9 Å². The average molecular weight is 331 g/mol. The smallest absolute Gasteiger partial charge is 0.0904 e. The molecule has 1 heterocycles. The maximum absolute atomic E-state index is 5.93. The largest absolute Gasteiger partial charge is 0.376 e. The van der Waals surface area contributed by atoms with Gasteiger partial charge in [0.2, 0.25) is 0 Å². The molecule has 1 aromatic rings. The lowest BCUT2D eigenvalue weighted by atomic mass is 10.0. The summed E-state index contributed by atoms with van der Waals surface area (Å²) in [5.74, 6) is 6.41. The van der Waals surface area contributed by atoms with Gasteiger partial charge in [-0.1, -0.05) is 0 Å². The summed E-state index contributed by atoms with van der Waals surface area (Å²) in [7, 11) is 0. The summed E-state index contributed by atoms with van der Waals surface area (Å²) in [6.45, 7) is 6.96. The molecule has 108 valence electrons. The van der Waals surface area contributed by atoms with Crippen molar-refractivity contribution in [1.29, 1.82) is 0 Å². The van der Waals surface area contributed by atoms with Crippen LogP contribution in [0.15, 0.2) is 10.7 Å². The fourth-order valence-corrected chi connectivity index (χ4v) is 3.02. The number of hydrazine groups is 1. The molecule has 0 amide bonds. The highest BCUT2D eigenvalue weighted by Crippen LogP contribution is 2.41. The predicted molar refractivity (Wildman–Crippen MR) is 78.5 cm³/mol. The summed E-state index contributed by atoms with van der Waals surface area (Å²) in [5.41, 5.74) is 4.00. The maximum Gasteiger partial charge on any atom is 0.0904 e. The average Bonchev–Trinajstić information content (AvgIpc) is 3.14.